The van der Waals surface area contributed by atoms with Crippen molar-refractivity contribution in [2.24, 2.45) is 5.73 Å². The molecule has 8 heteroatoms. The van der Waals surface area contributed by atoms with E-state index in [2.05, 4.69) is 0 Å². The van der Waals surface area contributed by atoms with Crippen molar-refractivity contribution in [3.05, 3.63) is 83.1 Å². The van der Waals surface area contributed by atoms with Crippen LogP contribution in [0, 0.1) is 0 Å². The van der Waals surface area contributed by atoms with Crippen LogP contribution in [0.3, 0.4) is 0 Å². The van der Waals surface area contributed by atoms with Crippen LogP contribution in [0.1, 0.15) is 34.7 Å². The van der Waals surface area contributed by atoms with E-state index >= 15 is 0 Å². The van der Waals surface area contributed by atoms with Gasteiger partial charge < -0.3 is 10.5 Å². The number of amides is 1. The molecule has 2 N–H and O–H groups in total. The first-order chi connectivity index (χ1) is 13.6. The molecule has 0 radical (unpaired) electrons. The minimum Gasteiger partial charge on any atom is -0.448 e. The van der Waals surface area contributed by atoms with Gasteiger partial charge in [0.25, 0.3) is 0 Å². The monoisotopic (exact) mass is 450 g/mol. The van der Waals surface area contributed by atoms with Crippen LogP contribution in [0.4, 0.5) is 0 Å². The summed E-state index contributed by atoms with van der Waals surface area (Å²) < 4.78 is 5.93. The number of carbonyl (C=O) groups is 2. The molecule has 2 aromatic rings. The number of hydrogen-bond donors (Lipinski definition) is 1. The van der Waals surface area contributed by atoms with Gasteiger partial charge in [0.05, 0.1) is 11.8 Å². The molecule has 1 saturated heterocycles. The Hall–Kier alpha value is -1.99. The van der Waals surface area contributed by atoms with Gasteiger partial charge >= 0.3 is 5.97 Å². The predicted octanol–water partition coefficient (Wildman–Crippen LogP) is 4.13. The summed E-state index contributed by atoms with van der Waals surface area (Å²) in [6.45, 7) is 0. The molecule has 29 heavy (non-hydrogen) atoms. The van der Waals surface area contributed by atoms with Gasteiger partial charge in [0.2, 0.25) is 5.91 Å². The Morgan fingerprint density at radius 3 is 2.45 bits per heavy atom. The molecular formula is C21H20Cl2N2O3S. The van der Waals surface area contributed by atoms with Gasteiger partial charge in [-0.15, -0.1) is 35.8 Å². The van der Waals surface area contributed by atoms with Gasteiger partial charge in [0.15, 0.2) is 6.10 Å². The number of thioether (sulfide) groups is 1. The second-order valence-corrected chi connectivity index (χ2v) is 8.25. The summed E-state index contributed by atoms with van der Waals surface area (Å²) >= 11 is 7.81. The lowest BCUT2D eigenvalue weighted by molar-refractivity contribution is -0.151. The van der Waals surface area contributed by atoms with Gasteiger partial charge in [-0.05, 0) is 17.2 Å². The molecule has 2 aliphatic rings. The molecule has 2 heterocycles. The van der Waals surface area contributed by atoms with Gasteiger partial charge in [0.1, 0.15) is 11.2 Å². The van der Waals surface area contributed by atoms with Crippen molar-refractivity contribution >= 4 is 47.6 Å². The maximum Gasteiger partial charge on any atom is 0.355 e. The van der Waals surface area contributed by atoms with Crippen LogP contribution >= 0.6 is 35.8 Å². The molecule has 0 aromatic heterocycles. The van der Waals surface area contributed by atoms with E-state index in [9.17, 15) is 9.59 Å². The zero-order chi connectivity index (χ0) is 19.7. The Balaban J connectivity index is 0.00000240. The van der Waals surface area contributed by atoms with E-state index in [1.54, 1.807) is 17.8 Å². The van der Waals surface area contributed by atoms with Crippen molar-refractivity contribution < 1.29 is 14.3 Å². The van der Waals surface area contributed by atoms with Crippen LogP contribution in [0.25, 0.3) is 0 Å². The van der Waals surface area contributed by atoms with Crippen molar-refractivity contribution in [2.45, 2.75) is 23.4 Å². The first-order valence-electron chi connectivity index (χ1n) is 8.94. The molecule has 3 atom stereocenters. The van der Waals surface area contributed by atoms with Crippen molar-refractivity contribution in [1.29, 1.82) is 0 Å². The molecule has 3 unspecified atom stereocenters. The third-order valence-electron chi connectivity index (χ3n) is 4.84. The van der Waals surface area contributed by atoms with E-state index in [1.807, 2.05) is 54.6 Å². The number of ether oxygens (including phenoxy) is 1. The van der Waals surface area contributed by atoms with Crippen molar-refractivity contribution in [3.63, 3.8) is 0 Å². The quantitative estimate of drug-likeness (QED) is 0.320. The number of alkyl halides is 1. The lowest BCUT2D eigenvalue weighted by Gasteiger charge is -2.42. The maximum atomic E-state index is 13.0. The summed E-state index contributed by atoms with van der Waals surface area (Å²) in [6, 6.07) is 16.8. The lowest BCUT2D eigenvalue weighted by atomic mass is 9.96. The predicted molar refractivity (Wildman–Crippen MR) is 117 cm³/mol. The number of nitrogens with zero attached hydrogens (tertiary/aromatic N) is 1. The van der Waals surface area contributed by atoms with Gasteiger partial charge in [0, 0.05) is 11.3 Å². The normalized spacial score (nSPS) is 19.8. The van der Waals surface area contributed by atoms with Crippen LogP contribution < -0.4 is 5.73 Å². The Morgan fingerprint density at radius 2 is 1.79 bits per heavy atom. The molecule has 0 saturated carbocycles. The molecule has 2 aromatic carbocycles. The highest BCUT2D eigenvalue weighted by Gasteiger charge is 2.43. The first kappa shape index (κ1) is 21.7. The molecule has 0 spiro atoms. The van der Waals surface area contributed by atoms with E-state index < -0.39 is 17.6 Å². The van der Waals surface area contributed by atoms with Crippen LogP contribution in [-0.2, 0) is 14.3 Å². The van der Waals surface area contributed by atoms with E-state index in [0.29, 0.717) is 23.4 Å². The van der Waals surface area contributed by atoms with Crippen LogP contribution in [-0.4, -0.2) is 27.9 Å². The highest BCUT2D eigenvalue weighted by molar-refractivity contribution is 8.00. The number of fused-ring (bicyclic) bond motifs is 1. The van der Waals surface area contributed by atoms with Crippen molar-refractivity contribution in [2.75, 3.05) is 5.75 Å². The molecule has 4 rings (SSSR count). The lowest BCUT2D eigenvalue weighted by Crippen LogP contribution is -2.53. The first-order valence-corrected chi connectivity index (χ1v) is 10.4. The fraction of sp³-hybridized carbons (Fsp3) is 0.238. The minimum atomic E-state index is -0.729. The number of rotatable bonds is 5. The SMILES string of the molecule is Cl.NC(Cl)c1ccccc1C(OC(=O)C1=CCSC2CC(=O)N12)c1ccccc1. The summed E-state index contributed by atoms with van der Waals surface area (Å²) in [5.41, 5.74) is 7.73. The van der Waals surface area contributed by atoms with E-state index in [4.69, 9.17) is 22.1 Å². The van der Waals surface area contributed by atoms with Crippen LogP contribution in [0.15, 0.2) is 66.4 Å². The number of benzene rings is 2. The zero-order valence-corrected chi connectivity index (χ0v) is 17.8. The fourth-order valence-corrected chi connectivity index (χ4v) is 4.75. The highest BCUT2D eigenvalue weighted by Crippen LogP contribution is 2.39. The zero-order valence-electron chi connectivity index (χ0n) is 15.4. The largest absolute Gasteiger partial charge is 0.448 e. The molecule has 0 aliphatic carbocycles. The Bertz CT molecular complexity index is 937. The van der Waals surface area contributed by atoms with E-state index in [0.717, 1.165) is 11.1 Å². The fourth-order valence-electron chi connectivity index (χ4n) is 3.44. The number of esters is 1. The summed E-state index contributed by atoms with van der Waals surface area (Å²) in [5, 5.41) is 0.0266. The Morgan fingerprint density at radius 1 is 1.14 bits per heavy atom. The Labute approximate surface area is 184 Å². The van der Waals surface area contributed by atoms with E-state index in [1.165, 1.54) is 4.90 Å². The second-order valence-electron chi connectivity index (χ2n) is 6.57. The molecule has 0 bridgehead atoms. The minimum absolute atomic E-state index is 0. The van der Waals surface area contributed by atoms with Crippen LogP contribution in [0.2, 0.25) is 0 Å². The standard InChI is InChI=1S/C21H19ClN2O3S.ClH/c22-20(23)15-9-5-4-8-14(15)19(13-6-2-1-3-7-13)27-21(26)16-10-11-28-18-12-17(25)24(16)18;/h1-10,18-20H,11-12,23H2;1H. The average Bonchev–Trinajstić information content (AvgIpc) is 2.71. The number of β-lactam (4-membered cyclic amide) rings is 1. The van der Waals surface area contributed by atoms with Gasteiger partial charge in [-0.1, -0.05) is 54.6 Å². The second kappa shape index (κ2) is 9.22. The number of hydrogen-bond acceptors (Lipinski definition) is 5. The molecule has 152 valence electrons. The molecule has 1 fully saturated rings. The number of nitrogens with two attached hydrogens (primary N) is 1. The van der Waals surface area contributed by atoms with Crippen molar-refractivity contribution in [3.8, 4) is 0 Å². The summed E-state index contributed by atoms with van der Waals surface area (Å²) in [7, 11) is 0. The topological polar surface area (TPSA) is 72.6 Å². The summed E-state index contributed by atoms with van der Waals surface area (Å²) in [4.78, 5) is 26.5. The Kier molecular flexibility index (Phi) is 6.90. The molecule has 5 nitrogen and oxygen atoms in total. The van der Waals surface area contributed by atoms with E-state index in [-0.39, 0.29) is 23.7 Å². The number of halogens is 2. The van der Waals surface area contributed by atoms with Gasteiger partial charge in [-0.3, -0.25) is 9.69 Å². The number of carbonyl (C=O) groups excluding carboxylic acids is 2. The molecule has 1 amide bonds. The summed E-state index contributed by atoms with van der Waals surface area (Å²) in [6.07, 6.45) is 1.53. The smallest absolute Gasteiger partial charge is 0.355 e. The third-order valence-corrected chi connectivity index (χ3v) is 6.20. The third kappa shape index (κ3) is 4.31. The van der Waals surface area contributed by atoms with Crippen molar-refractivity contribution in [1.82, 2.24) is 4.90 Å². The van der Waals surface area contributed by atoms with Gasteiger partial charge in [-0.25, -0.2) is 4.79 Å². The molecular weight excluding hydrogens is 431 g/mol. The maximum absolute atomic E-state index is 13.0. The van der Waals surface area contributed by atoms with Crippen LogP contribution in [0.5, 0.6) is 0 Å². The summed E-state index contributed by atoms with van der Waals surface area (Å²) in [5.74, 6) is 0.0999. The highest BCUT2D eigenvalue weighted by atomic mass is 35.5. The van der Waals surface area contributed by atoms with Gasteiger partial charge in [-0.2, -0.15) is 0 Å². The average molecular weight is 451 g/mol. The molecule has 2 aliphatic heterocycles.